The second kappa shape index (κ2) is 5.04. The molecule has 2 aromatic rings. The third-order valence-corrected chi connectivity index (χ3v) is 3.65. The van der Waals surface area contributed by atoms with Crippen LogP contribution in [0.1, 0.15) is 29.7 Å². The standard InChI is InChI=1S/C15H12ClF2NO/c16-8-1-4-14-11(5-8)13(19)7-15(20-14)10-6-9(17)2-3-12(10)18/h1-6,13,15H,7,19H2/t13-,15?/m0/s1. The molecule has 1 unspecified atom stereocenters. The van der Waals surface area contributed by atoms with Gasteiger partial charge in [0.1, 0.15) is 23.5 Å². The van der Waals surface area contributed by atoms with Crippen molar-refractivity contribution in [3.63, 3.8) is 0 Å². The Labute approximate surface area is 120 Å². The Morgan fingerprint density at radius 1 is 1.10 bits per heavy atom. The summed E-state index contributed by atoms with van der Waals surface area (Å²) in [7, 11) is 0. The highest BCUT2D eigenvalue weighted by Gasteiger charge is 2.29. The van der Waals surface area contributed by atoms with Crippen LogP contribution in [-0.4, -0.2) is 0 Å². The molecule has 5 heteroatoms. The molecular formula is C15H12ClF2NO. The third kappa shape index (κ3) is 2.37. The van der Waals surface area contributed by atoms with Crippen LogP contribution in [0.5, 0.6) is 5.75 Å². The van der Waals surface area contributed by atoms with Gasteiger partial charge in [-0.3, -0.25) is 0 Å². The maximum Gasteiger partial charge on any atom is 0.130 e. The van der Waals surface area contributed by atoms with Gasteiger partial charge in [-0.05, 0) is 36.4 Å². The molecule has 1 aliphatic rings. The van der Waals surface area contributed by atoms with Gasteiger partial charge in [0.2, 0.25) is 0 Å². The van der Waals surface area contributed by atoms with Gasteiger partial charge in [-0.15, -0.1) is 0 Å². The summed E-state index contributed by atoms with van der Waals surface area (Å²) in [6.07, 6.45) is -0.234. The van der Waals surface area contributed by atoms with Gasteiger partial charge < -0.3 is 10.5 Å². The largest absolute Gasteiger partial charge is 0.485 e. The van der Waals surface area contributed by atoms with Crippen LogP contribution in [-0.2, 0) is 0 Å². The number of nitrogens with two attached hydrogens (primary N) is 1. The summed E-state index contributed by atoms with van der Waals surface area (Å²) >= 11 is 5.92. The lowest BCUT2D eigenvalue weighted by Gasteiger charge is -2.30. The summed E-state index contributed by atoms with van der Waals surface area (Å²) in [5, 5.41) is 0.568. The van der Waals surface area contributed by atoms with Gasteiger partial charge in [0, 0.05) is 28.6 Å². The first-order valence-corrected chi connectivity index (χ1v) is 6.59. The number of hydrogen-bond donors (Lipinski definition) is 1. The monoisotopic (exact) mass is 295 g/mol. The van der Waals surface area contributed by atoms with Crippen molar-refractivity contribution >= 4 is 11.6 Å². The molecule has 0 aliphatic carbocycles. The molecule has 0 fully saturated rings. The SMILES string of the molecule is N[C@H]1CC(c2cc(F)ccc2F)Oc2ccc(Cl)cc21. The number of benzene rings is 2. The highest BCUT2D eigenvalue weighted by atomic mass is 35.5. The highest BCUT2D eigenvalue weighted by molar-refractivity contribution is 6.30. The van der Waals surface area contributed by atoms with E-state index >= 15 is 0 Å². The Balaban J connectivity index is 1.99. The molecule has 0 saturated heterocycles. The number of hydrogen-bond acceptors (Lipinski definition) is 2. The van der Waals surface area contributed by atoms with Crippen LogP contribution < -0.4 is 10.5 Å². The minimum Gasteiger partial charge on any atom is -0.485 e. The van der Waals surface area contributed by atoms with E-state index in [4.69, 9.17) is 22.1 Å². The normalized spacial score (nSPS) is 21.2. The van der Waals surface area contributed by atoms with Gasteiger partial charge >= 0.3 is 0 Å². The van der Waals surface area contributed by atoms with Crippen molar-refractivity contribution in [1.29, 1.82) is 0 Å². The molecule has 0 spiro atoms. The van der Waals surface area contributed by atoms with Crippen molar-refractivity contribution < 1.29 is 13.5 Å². The minimum atomic E-state index is -0.602. The average Bonchev–Trinajstić information content (AvgIpc) is 2.42. The van der Waals surface area contributed by atoms with Crippen molar-refractivity contribution in [2.45, 2.75) is 18.6 Å². The molecule has 3 rings (SSSR count). The van der Waals surface area contributed by atoms with Crippen molar-refractivity contribution in [3.8, 4) is 5.75 Å². The predicted molar refractivity (Wildman–Crippen MR) is 72.7 cm³/mol. The van der Waals surface area contributed by atoms with Gasteiger partial charge in [0.05, 0.1) is 0 Å². The summed E-state index contributed by atoms with van der Waals surface area (Å²) in [6.45, 7) is 0. The van der Waals surface area contributed by atoms with Crippen LogP contribution in [0, 0.1) is 11.6 Å². The first-order valence-electron chi connectivity index (χ1n) is 6.21. The molecule has 0 bridgehead atoms. The Hall–Kier alpha value is -1.65. The van der Waals surface area contributed by atoms with Gasteiger partial charge in [0.25, 0.3) is 0 Å². The Bertz CT molecular complexity index is 662. The molecule has 0 amide bonds. The van der Waals surface area contributed by atoms with E-state index in [1.54, 1.807) is 18.2 Å². The fraction of sp³-hybridized carbons (Fsp3) is 0.200. The second-order valence-electron chi connectivity index (χ2n) is 4.80. The summed E-state index contributed by atoms with van der Waals surface area (Å²) < 4.78 is 32.8. The van der Waals surface area contributed by atoms with E-state index in [0.717, 1.165) is 23.8 Å². The lowest BCUT2D eigenvalue weighted by atomic mass is 9.93. The Morgan fingerprint density at radius 2 is 1.90 bits per heavy atom. The zero-order chi connectivity index (χ0) is 14.3. The molecule has 2 nitrogen and oxygen atoms in total. The summed E-state index contributed by atoms with van der Waals surface area (Å²) in [6, 6.07) is 8.10. The first-order chi connectivity index (χ1) is 9.54. The maximum atomic E-state index is 13.8. The highest BCUT2D eigenvalue weighted by Crippen LogP contribution is 2.41. The van der Waals surface area contributed by atoms with Gasteiger partial charge in [-0.25, -0.2) is 8.78 Å². The molecule has 0 saturated carbocycles. The predicted octanol–water partition coefficient (Wildman–Crippen LogP) is 4.14. The average molecular weight is 296 g/mol. The number of halogens is 3. The van der Waals surface area contributed by atoms with E-state index in [0.29, 0.717) is 17.2 Å². The molecule has 2 aromatic carbocycles. The van der Waals surface area contributed by atoms with Crippen LogP contribution in [0.25, 0.3) is 0 Å². The van der Waals surface area contributed by atoms with Crippen molar-refractivity contribution in [2.75, 3.05) is 0 Å². The van der Waals surface area contributed by atoms with E-state index in [9.17, 15) is 8.78 Å². The fourth-order valence-electron chi connectivity index (χ4n) is 2.43. The molecule has 1 aliphatic heterocycles. The molecule has 1 heterocycles. The second-order valence-corrected chi connectivity index (χ2v) is 5.23. The van der Waals surface area contributed by atoms with Crippen LogP contribution >= 0.6 is 11.6 Å². The van der Waals surface area contributed by atoms with Crippen LogP contribution in [0.3, 0.4) is 0 Å². The zero-order valence-corrected chi connectivity index (χ0v) is 11.2. The van der Waals surface area contributed by atoms with Crippen LogP contribution in [0.4, 0.5) is 8.78 Å². The molecule has 0 radical (unpaired) electrons. The molecule has 104 valence electrons. The molecule has 20 heavy (non-hydrogen) atoms. The summed E-state index contributed by atoms with van der Waals surface area (Å²) in [4.78, 5) is 0. The Morgan fingerprint density at radius 3 is 2.70 bits per heavy atom. The molecule has 0 aromatic heterocycles. The summed E-state index contributed by atoms with van der Waals surface area (Å²) in [5.41, 5.74) is 7.04. The lowest BCUT2D eigenvalue weighted by Crippen LogP contribution is -2.24. The van der Waals surface area contributed by atoms with Crippen molar-refractivity contribution in [1.82, 2.24) is 0 Å². The van der Waals surface area contributed by atoms with Gasteiger partial charge in [-0.2, -0.15) is 0 Å². The zero-order valence-electron chi connectivity index (χ0n) is 10.4. The minimum absolute atomic E-state index is 0.182. The topological polar surface area (TPSA) is 35.2 Å². The smallest absolute Gasteiger partial charge is 0.130 e. The number of ether oxygens (including phenoxy) is 1. The van der Waals surface area contributed by atoms with E-state index in [1.807, 2.05) is 0 Å². The van der Waals surface area contributed by atoms with Crippen LogP contribution in [0.2, 0.25) is 5.02 Å². The number of fused-ring (bicyclic) bond motifs is 1. The summed E-state index contributed by atoms with van der Waals surface area (Å²) in [5.74, 6) is -0.441. The van der Waals surface area contributed by atoms with Crippen LogP contribution in [0.15, 0.2) is 36.4 Å². The molecule has 2 N–H and O–H groups in total. The maximum absolute atomic E-state index is 13.8. The van der Waals surface area contributed by atoms with Crippen molar-refractivity contribution in [3.05, 3.63) is 64.2 Å². The van der Waals surface area contributed by atoms with Crippen molar-refractivity contribution in [2.24, 2.45) is 5.73 Å². The van der Waals surface area contributed by atoms with E-state index in [2.05, 4.69) is 0 Å². The number of rotatable bonds is 1. The molecular weight excluding hydrogens is 284 g/mol. The first kappa shape index (κ1) is 13.3. The van der Waals surface area contributed by atoms with Gasteiger partial charge in [0.15, 0.2) is 0 Å². The van der Waals surface area contributed by atoms with E-state index in [-0.39, 0.29) is 11.6 Å². The lowest BCUT2D eigenvalue weighted by molar-refractivity contribution is 0.157. The molecule has 2 atom stereocenters. The Kier molecular flexibility index (Phi) is 3.36. The van der Waals surface area contributed by atoms with E-state index < -0.39 is 17.7 Å². The third-order valence-electron chi connectivity index (χ3n) is 3.41. The van der Waals surface area contributed by atoms with Gasteiger partial charge in [-0.1, -0.05) is 11.6 Å². The fourth-order valence-corrected chi connectivity index (χ4v) is 2.61. The quantitative estimate of drug-likeness (QED) is 0.858. The van der Waals surface area contributed by atoms with E-state index in [1.165, 1.54) is 0 Å².